The van der Waals surface area contributed by atoms with Gasteiger partial charge in [-0.25, -0.2) is 9.97 Å². The molecular weight excluding hydrogens is 216 g/mol. The molecule has 0 atom stereocenters. The van der Waals surface area contributed by atoms with Crippen molar-refractivity contribution in [1.29, 1.82) is 5.26 Å². The van der Waals surface area contributed by atoms with E-state index in [0.29, 0.717) is 17.0 Å². The molecule has 0 aliphatic heterocycles. The number of nitrogens with two attached hydrogens (primary N) is 1. The summed E-state index contributed by atoms with van der Waals surface area (Å²) in [7, 11) is 0. The van der Waals surface area contributed by atoms with Crippen LogP contribution in [-0.4, -0.2) is 9.97 Å². The predicted molar refractivity (Wildman–Crippen MR) is 62.4 cm³/mol. The minimum absolute atomic E-state index is 0.214. The molecule has 1 aromatic carbocycles. The van der Waals surface area contributed by atoms with Gasteiger partial charge in [0, 0.05) is 17.6 Å². The number of nitrogen functional groups attached to an aromatic ring is 1. The van der Waals surface area contributed by atoms with Crippen molar-refractivity contribution in [3.05, 3.63) is 41.7 Å². The predicted octanol–water partition coefficient (Wildman–Crippen LogP) is 2.03. The monoisotopic (exact) mass is 226 g/mol. The third-order valence-electron chi connectivity index (χ3n) is 2.10. The second-order valence-corrected chi connectivity index (χ2v) is 3.45. The molecule has 0 saturated heterocycles. The van der Waals surface area contributed by atoms with Crippen LogP contribution in [0, 0.1) is 18.3 Å². The molecule has 5 nitrogen and oxygen atoms in total. The summed E-state index contributed by atoms with van der Waals surface area (Å²) in [6, 6.07) is 8.82. The molecule has 1 heterocycles. The summed E-state index contributed by atoms with van der Waals surface area (Å²) in [6.45, 7) is 1.84. The van der Waals surface area contributed by atoms with E-state index in [0.717, 1.165) is 5.69 Å². The molecule has 0 amide bonds. The first kappa shape index (κ1) is 10.9. The normalized spacial score (nSPS) is 9.65. The molecule has 0 bridgehead atoms. The number of hydrogen-bond donors (Lipinski definition) is 1. The number of hydrogen-bond acceptors (Lipinski definition) is 5. The molecular formula is C12H10N4O. The van der Waals surface area contributed by atoms with Crippen molar-refractivity contribution in [1.82, 2.24) is 9.97 Å². The molecule has 2 aromatic rings. The quantitative estimate of drug-likeness (QED) is 0.792. The number of nitriles is 1. The lowest BCUT2D eigenvalue weighted by Gasteiger charge is -2.06. The van der Waals surface area contributed by atoms with E-state index in [9.17, 15) is 0 Å². The Kier molecular flexibility index (Phi) is 2.88. The number of nitrogens with zero attached hydrogens (tertiary/aromatic N) is 3. The third kappa shape index (κ3) is 2.49. The van der Waals surface area contributed by atoms with Crippen LogP contribution < -0.4 is 10.5 Å². The highest BCUT2D eigenvalue weighted by molar-refractivity contribution is 5.53. The van der Waals surface area contributed by atoms with Gasteiger partial charge in [0.05, 0.1) is 5.56 Å². The van der Waals surface area contributed by atoms with Crippen LogP contribution in [0.25, 0.3) is 0 Å². The fraction of sp³-hybridized carbons (Fsp3) is 0.0833. The second-order valence-electron chi connectivity index (χ2n) is 3.45. The van der Waals surface area contributed by atoms with Crippen molar-refractivity contribution < 1.29 is 4.74 Å². The highest BCUT2D eigenvalue weighted by Gasteiger charge is 2.06. The Bertz CT molecular complexity index is 589. The van der Waals surface area contributed by atoms with Gasteiger partial charge in [0.25, 0.3) is 0 Å². The summed E-state index contributed by atoms with van der Waals surface area (Å²) >= 11 is 0. The van der Waals surface area contributed by atoms with Gasteiger partial charge < -0.3 is 10.5 Å². The van der Waals surface area contributed by atoms with Gasteiger partial charge in [-0.15, -0.1) is 0 Å². The van der Waals surface area contributed by atoms with Gasteiger partial charge in [-0.05, 0) is 31.2 Å². The first-order valence-electron chi connectivity index (χ1n) is 4.96. The second kappa shape index (κ2) is 4.49. The van der Waals surface area contributed by atoms with Crippen molar-refractivity contribution in [2.24, 2.45) is 0 Å². The van der Waals surface area contributed by atoms with Crippen molar-refractivity contribution >= 4 is 5.69 Å². The maximum absolute atomic E-state index is 8.95. The molecule has 0 aliphatic carbocycles. The van der Waals surface area contributed by atoms with Crippen molar-refractivity contribution in [3.63, 3.8) is 0 Å². The number of aromatic nitrogens is 2. The minimum atomic E-state index is 0.214. The summed E-state index contributed by atoms with van der Waals surface area (Å²) in [6.07, 6.45) is 1.60. The summed E-state index contributed by atoms with van der Waals surface area (Å²) in [5, 5.41) is 8.95. The van der Waals surface area contributed by atoms with Gasteiger partial charge in [0.15, 0.2) is 0 Å². The Morgan fingerprint density at radius 1 is 1.35 bits per heavy atom. The number of rotatable bonds is 2. The molecule has 1 aromatic heterocycles. The average Bonchev–Trinajstić information content (AvgIpc) is 2.31. The van der Waals surface area contributed by atoms with Crippen molar-refractivity contribution in [3.8, 4) is 17.8 Å². The van der Waals surface area contributed by atoms with E-state index < -0.39 is 0 Å². The van der Waals surface area contributed by atoms with Crippen LogP contribution in [0.4, 0.5) is 5.69 Å². The molecule has 2 rings (SSSR count). The van der Waals surface area contributed by atoms with E-state index in [1.165, 1.54) is 0 Å². The Balaban J connectivity index is 2.34. The molecule has 0 spiro atoms. The lowest BCUT2D eigenvalue weighted by atomic mass is 10.2. The zero-order valence-corrected chi connectivity index (χ0v) is 9.21. The Labute approximate surface area is 98.5 Å². The Morgan fingerprint density at radius 3 is 2.88 bits per heavy atom. The molecule has 0 aliphatic rings. The summed E-state index contributed by atoms with van der Waals surface area (Å²) in [4.78, 5) is 8.05. The maximum Gasteiger partial charge on any atom is 0.322 e. The van der Waals surface area contributed by atoms with E-state index in [2.05, 4.69) is 9.97 Å². The van der Waals surface area contributed by atoms with Crippen LogP contribution >= 0.6 is 0 Å². The lowest BCUT2D eigenvalue weighted by Crippen LogP contribution is -1.95. The number of aryl methyl sites for hydroxylation is 1. The number of anilines is 1. The van der Waals surface area contributed by atoms with Crippen molar-refractivity contribution in [2.75, 3.05) is 5.73 Å². The summed E-state index contributed by atoms with van der Waals surface area (Å²) in [5.41, 5.74) is 7.25. The first-order valence-corrected chi connectivity index (χ1v) is 4.96. The van der Waals surface area contributed by atoms with Crippen LogP contribution in [0.2, 0.25) is 0 Å². The third-order valence-corrected chi connectivity index (χ3v) is 2.10. The van der Waals surface area contributed by atoms with Crippen LogP contribution in [0.15, 0.2) is 30.5 Å². The number of ether oxygens (including phenoxy) is 1. The maximum atomic E-state index is 8.95. The van der Waals surface area contributed by atoms with Crippen LogP contribution in [0.3, 0.4) is 0 Å². The smallest absolute Gasteiger partial charge is 0.322 e. The van der Waals surface area contributed by atoms with Crippen LogP contribution in [-0.2, 0) is 0 Å². The number of benzene rings is 1. The van der Waals surface area contributed by atoms with Crippen LogP contribution in [0.1, 0.15) is 11.3 Å². The molecule has 0 unspecified atom stereocenters. The highest BCUT2D eigenvalue weighted by Crippen LogP contribution is 2.24. The average molecular weight is 226 g/mol. The standard InChI is InChI=1S/C12H10N4O/c1-8-4-5-15-12(16-8)17-11-3-2-10(14)6-9(11)7-13/h2-6H,14H2,1H3. The molecule has 0 saturated carbocycles. The zero-order valence-electron chi connectivity index (χ0n) is 9.21. The van der Waals surface area contributed by atoms with Gasteiger partial charge in [-0.3, -0.25) is 0 Å². The Morgan fingerprint density at radius 2 is 2.18 bits per heavy atom. The largest absolute Gasteiger partial charge is 0.423 e. The first-order chi connectivity index (χ1) is 8.19. The molecule has 5 heteroatoms. The Hall–Kier alpha value is -2.61. The van der Waals surface area contributed by atoms with Gasteiger partial charge in [-0.2, -0.15) is 5.26 Å². The van der Waals surface area contributed by atoms with E-state index in [1.54, 1.807) is 30.5 Å². The molecule has 0 fully saturated rings. The zero-order chi connectivity index (χ0) is 12.3. The van der Waals surface area contributed by atoms with E-state index >= 15 is 0 Å². The molecule has 84 valence electrons. The fourth-order valence-electron chi connectivity index (χ4n) is 1.30. The fourth-order valence-corrected chi connectivity index (χ4v) is 1.30. The summed E-state index contributed by atoms with van der Waals surface area (Å²) in [5.74, 6) is 0.396. The van der Waals surface area contributed by atoms with Gasteiger partial charge >= 0.3 is 6.01 Å². The lowest BCUT2D eigenvalue weighted by molar-refractivity contribution is 0.439. The van der Waals surface area contributed by atoms with Gasteiger partial charge in [0.1, 0.15) is 11.8 Å². The summed E-state index contributed by atoms with van der Waals surface area (Å²) < 4.78 is 5.44. The van der Waals surface area contributed by atoms with E-state index in [-0.39, 0.29) is 6.01 Å². The minimum Gasteiger partial charge on any atom is -0.423 e. The van der Waals surface area contributed by atoms with E-state index in [1.807, 2.05) is 13.0 Å². The van der Waals surface area contributed by atoms with Gasteiger partial charge in [-0.1, -0.05) is 0 Å². The molecule has 2 N–H and O–H groups in total. The highest BCUT2D eigenvalue weighted by atomic mass is 16.5. The van der Waals surface area contributed by atoms with Gasteiger partial charge in [0.2, 0.25) is 0 Å². The topological polar surface area (TPSA) is 84.8 Å². The molecule has 17 heavy (non-hydrogen) atoms. The van der Waals surface area contributed by atoms with Crippen molar-refractivity contribution in [2.45, 2.75) is 6.92 Å². The SMILES string of the molecule is Cc1ccnc(Oc2ccc(N)cc2C#N)n1. The molecule has 0 radical (unpaired) electrons. The van der Waals surface area contributed by atoms with Crippen LogP contribution in [0.5, 0.6) is 11.8 Å². The van der Waals surface area contributed by atoms with E-state index in [4.69, 9.17) is 15.7 Å².